The van der Waals surface area contributed by atoms with Crippen molar-refractivity contribution in [1.29, 1.82) is 0 Å². The van der Waals surface area contributed by atoms with Crippen LogP contribution in [0.4, 0.5) is 0 Å². The van der Waals surface area contributed by atoms with E-state index in [-0.39, 0.29) is 0 Å². The minimum atomic E-state index is 0.519. The zero-order valence-electron chi connectivity index (χ0n) is 8.35. The lowest BCUT2D eigenvalue weighted by Gasteiger charge is -2.35. The van der Waals surface area contributed by atoms with E-state index < -0.39 is 0 Å². The van der Waals surface area contributed by atoms with Crippen LogP contribution < -0.4 is 0 Å². The van der Waals surface area contributed by atoms with Crippen molar-refractivity contribution >= 4 is 0 Å². The van der Waals surface area contributed by atoms with Gasteiger partial charge in [0.05, 0.1) is 0 Å². The van der Waals surface area contributed by atoms with Gasteiger partial charge in [-0.2, -0.15) is 0 Å². The number of hydrogen-bond acceptors (Lipinski definition) is 1. The van der Waals surface area contributed by atoms with Crippen LogP contribution >= 0.6 is 0 Å². The Kier molecular flexibility index (Phi) is 2.58. The lowest BCUT2D eigenvalue weighted by molar-refractivity contribution is 0.141. The highest BCUT2D eigenvalue weighted by Gasteiger charge is 2.30. The van der Waals surface area contributed by atoms with Gasteiger partial charge in [-0.3, -0.25) is 0 Å². The van der Waals surface area contributed by atoms with E-state index in [2.05, 4.69) is 32.7 Å². The summed E-state index contributed by atoms with van der Waals surface area (Å²) in [7, 11) is 2.25. The lowest BCUT2D eigenvalue weighted by atomic mass is 9.81. The molecule has 0 radical (unpaired) electrons. The Morgan fingerprint density at radius 3 is 2.55 bits per heavy atom. The summed E-state index contributed by atoms with van der Waals surface area (Å²) in [6.45, 7) is 8.41. The maximum atomic E-state index is 2.49. The molecule has 0 amide bonds. The second-order valence-electron chi connectivity index (χ2n) is 4.60. The van der Waals surface area contributed by atoms with Gasteiger partial charge in [0.25, 0.3) is 0 Å². The second kappa shape index (κ2) is 3.14. The minimum absolute atomic E-state index is 0.519. The molecule has 1 heterocycles. The van der Waals surface area contributed by atoms with Crippen LogP contribution in [0.3, 0.4) is 0 Å². The van der Waals surface area contributed by atoms with Gasteiger partial charge in [-0.1, -0.05) is 20.3 Å². The molecule has 0 aromatic carbocycles. The van der Waals surface area contributed by atoms with Gasteiger partial charge in [-0.05, 0) is 38.8 Å². The fourth-order valence-electron chi connectivity index (χ4n) is 1.94. The van der Waals surface area contributed by atoms with E-state index in [1.54, 1.807) is 0 Å². The van der Waals surface area contributed by atoms with Crippen molar-refractivity contribution in [1.82, 2.24) is 4.90 Å². The molecule has 0 N–H and O–H groups in total. The molecular weight excluding hydrogens is 134 g/mol. The fraction of sp³-hybridized carbons (Fsp3) is 1.00. The first kappa shape index (κ1) is 9.05. The van der Waals surface area contributed by atoms with Crippen LogP contribution in [-0.2, 0) is 0 Å². The monoisotopic (exact) mass is 155 g/mol. The summed E-state index contributed by atoms with van der Waals surface area (Å²) in [5.74, 6) is 0. The average molecular weight is 155 g/mol. The Balaban J connectivity index is 2.65. The number of nitrogens with zero attached hydrogens (tertiary/aromatic N) is 1. The first-order valence-electron chi connectivity index (χ1n) is 4.74. The normalized spacial score (nSPS) is 33.3. The third-order valence-corrected chi connectivity index (χ3v) is 3.37. The number of likely N-dealkylation sites (tertiary alicyclic amines) is 1. The van der Waals surface area contributed by atoms with E-state index in [0.29, 0.717) is 5.41 Å². The van der Waals surface area contributed by atoms with Crippen LogP contribution in [0.2, 0.25) is 0 Å². The first-order chi connectivity index (χ1) is 5.04. The molecule has 0 spiro atoms. The molecular formula is C10H21N. The van der Waals surface area contributed by atoms with Gasteiger partial charge < -0.3 is 4.90 Å². The quantitative estimate of drug-likeness (QED) is 0.519. The Hall–Kier alpha value is -0.0400. The summed E-state index contributed by atoms with van der Waals surface area (Å²) in [5, 5.41) is 0. The number of hydrogen-bond donors (Lipinski definition) is 0. The molecule has 0 aromatic rings. The molecule has 0 unspecified atom stereocenters. The average Bonchev–Trinajstić information content (AvgIpc) is 2.03. The SMILES string of the molecule is C[C@@H]1N(C)CCCCC1(C)C. The lowest BCUT2D eigenvalue weighted by Crippen LogP contribution is -2.39. The molecule has 11 heavy (non-hydrogen) atoms. The van der Waals surface area contributed by atoms with Crippen molar-refractivity contribution in [3.8, 4) is 0 Å². The summed E-state index contributed by atoms with van der Waals surface area (Å²) < 4.78 is 0. The Morgan fingerprint density at radius 1 is 1.27 bits per heavy atom. The third kappa shape index (κ3) is 1.96. The van der Waals surface area contributed by atoms with Crippen LogP contribution in [0.5, 0.6) is 0 Å². The zero-order valence-corrected chi connectivity index (χ0v) is 8.35. The maximum Gasteiger partial charge on any atom is 0.0115 e. The van der Waals surface area contributed by atoms with Crippen LogP contribution in [0, 0.1) is 5.41 Å². The van der Waals surface area contributed by atoms with Crippen molar-refractivity contribution in [3.63, 3.8) is 0 Å². The summed E-state index contributed by atoms with van der Waals surface area (Å²) in [6.07, 6.45) is 4.17. The molecule has 1 saturated heterocycles. The molecule has 1 aliphatic heterocycles. The molecule has 1 aliphatic rings. The molecule has 1 heteroatoms. The first-order valence-corrected chi connectivity index (χ1v) is 4.74. The zero-order chi connectivity index (χ0) is 8.48. The van der Waals surface area contributed by atoms with Gasteiger partial charge >= 0.3 is 0 Å². The van der Waals surface area contributed by atoms with E-state index in [9.17, 15) is 0 Å². The summed E-state index contributed by atoms with van der Waals surface area (Å²) in [5.41, 5.74) is 0.519. The van der Waals surface area contributed by atoms with Gasteiger partial charge in [0.15, 0.2) is 0 Å². The molecule has 1 nitrogen and oxygen atoms in total. The predicted molar refractivity (Wildman–Crippen MR) is 49.7 cm³/mol. The van der Waals surface area contributed by atoms with Crippen LogP contribution in [0.1, 0.15) is 40.0 Å². The smallest absolute Gasteiger partial charge is 0.0115 e. The van der Waals surface area contributed by atoms with E-state index in [0.717, 1.165) is 6.04 Å². The van der Waals surface area contributed by atoms with E-state index in [1.165, 1.54) is 25.8 Å². The van der Waals surface area contributed by atoms with Gasteiger partial charge in [-0.15, -0.1) is 0 Å². The fourth-order valence-corrected chi connectivity index (χ4v) is 1.94. The predicted octanol–water partition coefficient (Wildman–Crippen LogP) is 2.52. The van der Waals surface area contributed by atoms with Gasteiger partial charge in [0, 0.05) is 6.04 Å². The summed E-state index contributed by atoms with van der Waals surface area (Å²) in [4.78, 5) is 2.49. The van der Waals surface area contributed by atoms with Crippen LogP contribution in [-0.4, -0.2) is 24.5 Å². The van der Waals surface area contributed by atoms with Gasteiger partial charge in [0.1, 0.15) is 0 Å². The second-order valence-corrected chi connectivity index (χ2v) is 4.60. The van der Waals surface area contributed by atoms with Crippen molar-refractivity contribution in [2.45, 2.75) is 46.1 Å². The Bertz CT molecular complexity index is 129. The topological polar surface area (TPSA) is 3.24 Å². The molecule has 1 rings (SSSR count). The molecule has 1 atom stereocenters. The highest BCUT2D eigenvalue weighted by molar-refractivity contribution is 4.84. The Labute approximate surface area is 70.8 Å². The number of rotatable bonds is 0. The maximum absolute atomic E-state index is 2.49. The van der Waals surface area contributed by atoms with E-state index >= 15 is 0 Å². The minimum Gasteiger partial charge on any atom is -0.303 e. The van der Waals surface area contributed by atoms with Crippen molar-refractivity contribution in [2.24, 2.45) is 5.41 Å². The molecule has 66 valence electrons. The van der Waals surface area contributed by atoms with Crippen molar-refractivity contribution < 1.29 is 0 Å². The highest BCUT2D eigenvalue weighted by Crippen LogP contribution is 2.32. The molecule has 0 aliphatic carbocycles. The van der Waals surface area contributed by atoms with Crippen LogP contribution in [0.15, 0.2) is 0 Å². The highest BCUT2D eigenvalue weighted by atomic mass is 15.1. The van der Waals surface area contributed by atoms with Gasteiger partial charge in [0.2, 0.25) is 0 Å². The summed E-state index contributed by atoms with van der Waals surface area (Å²) in [6, 6.07) is 0.741. The van der Waals surface area contributed by atoms with Crippen molar-refractivity contribution in [2.75, 3.05) is 13.6 Å². The van der Waals surface area contributed by atoms with E-state index in [1.807, 2.05) is 0 Å². The standard InChI is InChI=1S/C10H21N/c1-9-10(2,3)7-5-6-8-11(9)4/h9H,5-8H2,1-4H3/t9-/m0/s1. The van der Waals surface area contributed by atoms with Gasteiger partial charge in [-0.25, -0.2) is 0 Å². The van der Waals surface area contributed by atoms with E-state index in [4.69, 9.17) is 0 Å². The molecule has 0 bridgehead atoms. The third-order valence-electron chi connectivity index (χ3n) is 3.37. The molecule has 0 aromatic heterocycles. The van der Waals surface area contributed by atoms with Crippen LogP contribution in [0.25, 0.3) is 0 Å². The van der Waals surface area contributed by atoms with Crippen molar-refractivity contribution in [3.05, 3.63) is 0 Å². The summed E-state index contributed by atoms with van der Waals surface area (Å²) >= 11 is 0. The molecule has 1 fully saturated rings. The largest absolute Gasteiger partial charge is 0.303 e. The Morgan fingerprint density at radius 2 is 1.91 bits per heavy atom. The molecule has 0 saturated carbocycles.